The number of aromatic nitrogens is 3. The monoisotopic (exact) mass is 364 g/mol. The summed E-state index contributed by atoms with van der Waals surface area (Å²) in [5.41, 5.74) is 3.01. The number of nitrogens with zero attached hydrogens (tertiary/aromatic N) is 4. The fourth-order valence-electron chi connectivity index (χ4n) is 3.48. The summed E-state index contributed by atoms with van der Waals surface area (Å²) in [6.45, 7) is 5.52. The number of ketones is 1. The molecular weight excluding hydrogens is 340 g/mol. The van der Waals surface area contributed by atoms with Gasteiger partial charge >= 0.3 is 0 Å². The van der Waals surface area contributed by atoms with Crippen molar-refractivity contribution < 1.29 is 9.53 Å². The summed E-state index contributed by atoms with van der Waals surface area (Å²) in [5, 5.41) is 2.16. The molecule has 0 saturated carbocycles. The molecule has 1 saturated heterocycles. The quantitative estimate of drug-likeness (QED) is 0.696. The number of fused-ring (bicyclic) bond motifs is 1. The molecule has 1 aliphatic rings. The van der Waals surface area contributed by atoms with Gasteiger partial charge in [0.2, 0.25) is 0 Å². The fraction of sp³-hybridized carbons (Fsp3) is 0.381. The van der Waals surface area contributed by atoms with Crippen LogP contribution in [0.5, 0.6) is 0 Å². The van der Waals surface area contributed by atoms with Crippen molar-refractivity contribution in [2.75, 3.05) is 32.8 Å². The predicted octanol–water partition coefficient (Wildman–Crippen LogP) is 2.39. The van der Waals surface area contributed by atoms with Gasteiger partial charge in [0.15, 0.2) is 5.78 Å². The van der Waals surface area contributed by atoms with Crippen LogP contribution in [0.4, 0.5) is 0 Å². The molecule has 6 heteroatoms. The lowest BCUT2D eigenvalue weighted by Crippen LogP contribution is -2.39. The third-order valence-corrected chi connectivity index (χ3v) is 5.18. The number of aryl methyl sites for hydroxylation is 1. The number of hydrogen-bond donors (Lipinski definition) is 0. The van der Waals surface area contributed by atoms with E-state index in [9.17, 15) is 4.79 Å². The molecule has 0 radical (unpaired) electrons. The number of pyridine rings is 1. The first-order valence-electron chi connectivity index (χ1n) is 9.29. The third kappa shape index (κ3) is 3.91. The van der Waals surface area contributed by atoms with Crippen molar-refractivity contribution in [3.63, 3.8) is 0 Å². The van der Waals surface area contributed by atoms with E-state index in [4.69, 9.17) is 4.74 Å². The zero-order valence-electron chi connectivity index (χ0n) is 15.8. The third-order valence-electron chi connectivity index (χ3n) is 5.18. The highest BCUT2D eigenvalue weighted by Gasteiger charge is 2.15. The average molecular weight is 364 g/mol. The summed E-state index contributed by atoms with van der Waals surface area (Å²) < 4.78 is 7.41. The van der Waals surface area contributed by atoms with Crippen molar-refractivity contribution in [1.29, 1.82) is 0 Å². The van der Waals surface area contributed by atoms with Gasteiger partial charge in [0.1, 0.15) is 5.82 Å². The van der Waals surface area contributed by atoms with Gasteiger partial charge in [0.05, 0.1) is 38.1 Å². The van der Waals surface area contributed by atoms with Crippen LogP contribution in [0, 0.1) is 6.92 Å². The number of ether oxygens (including phenoxy) is 1. The van der Waals surface area contributed by atoms with Gasteiger partial charge in [-0.25, -0.2) is 4.98 Å². The highest BCUT2D eigenvalue weighted by atomic mass is 16.5. The summed E-state index contributed by atoms with van der Waals surface area (Å²) in [6, 6.07) is 8.33. The molecule has 0 N–H and O–H groups in total. The number of Topliss-reactive ketones (excluding diaryl/α,β-unsaturated/α-hetero) is 1. The van der Waals surface area contributed by atoms with Crippen LogP contribution in [0.2, 0.25) is 0 Å². The van der Waals surface area contributed by atoms with E-state index in [1.165, 1.54) is 0 Å². The molecule has 1 aromatic carbocycles. The molecule has 0 spiro atoms. The molecule has 2 aromatic heterocycles. The first kappa shape index (κ1) is 17.8. The van der Waals surface area contributed by atoms with Gasteiger partial charge < -0.3 is 9.30 Å². The molecule has 0 aliphatic carbocycles. The highest BCUT2D eigenvalue weighted by molar-refractivity contribution is 5.88. The lowest BCUT2D eigenvalue weighted by Gasteiger charge is -2.25. The molecule has 0 atom stereocenters. The van der Waals surface area contributed by atoms with Gasteiger partial charge in [-0.2, -0.15) is 0 Å². The van der Waals surface area contributed by atoms with E-state index in [2.05, 4.69) is 37.6 Å². The number of hydrogen-bond acceptors (Lipinski definition) is 5. The molecule has 0 unspecified atom stereocenters. The number of carbonyl (C=O) groups excluding carboxylic acids is 1. The Labute approximate surface area is 158 Å². The second-order valence-corrected chi connectivity index (χ2v) is 7.09. The van der Waals surface area contributed by atoms with E-state index in [1.807, 2.05) is 32.4 Å². The topological polar surface area (TPSA) is 60.3 Å². The van der Waals surface area contributed by atoms with E-state index < -0.39 is 0 Å². The summed E-state index contributed by atoms with van der Waals surface area (Å²) in [7, 11) is 2.02. The Bertz CT molecular complexity index is 973. The van der Waals surface area contributed by atoms with Crippen molar-refractivity contribution in [3.8, 4) is 11.3 Å². The standard InChI is InChI=1S/C21H24N4O2/c1-15-22-13-21(24(15)2)16-3-4-17-12-23-19(10-18(17)9-16)11-20(26)14-25-5-7-27-8-6-25/h3-4,9-10,12-13H,5-8,11,14H2,1-2H3. The maximum Gasteiger partial charge on any atom is 0.152 e. The maximum absolute atomic E-state index is 12.4. The summed E-state index contributed by atoms with van der Waals surface area (Å²) in [4.78, 5) is 23.4. The molecule has 1 aliphatic heterocycles. The van der Waals surface area contributed by atoms with E-state index in [0.717, 1.165) is 46.6 Å². The van der Waals surface area contributed by atoms with Gasteiger partial charge in [-0.1, -0.05) is 12.1 Å². The van der Waals surface area contributed by atoms with E-state index in [1.54, 1.807) is 0 Å². The molecule has 0 amide bonds. The highest BCUT2D eigenvalue weighted by Crippen LogP contribution is 2.25. The second kappa shape index (κ2) is 7.58. The molecular formula is C21H24N4O2. The number of benzene rings is 1. The zero-order valence-corrected chi connectivity index (χ0v) is 15.8. The van der Waals surface area contributed by atoms with Crippen molar-refractivity contribution in [3.05, 3.63) is 48.2 Å². The smallest absolute Gasteiger partial charge is 0.152 e. The van der Waals surface area contributed by atoms with Crippen LogP contribution in [0.3, 0.4) is 0 Å². The lowest BCUT2D eigenvalue weighted by atomic mass is 10.0. The number of imidazole rings is 1. The SMILES string of the molecule is Cc1ncc(-c2ccc3cnc(CC(=O)CN4CCOCC4)cc3c2)n1C. The molecule has 3 aromatic rings. The summed E-state index contributed by atoms with van der Waals surface area (Å²) >= 11 is 0. The minimum absolute atomic E-state index is 0.196. The average Bonchev–Trinajstić information content (AvgIpc) is 3.01. The van der Waals surface area contributed by atoms with Crippen molar-refractivity contribution in [1.82, 2.24) is 19.4 Å². The van der Waals surface area contributed by atoms with Crippen molar-refractivity contribution in [2.45, 2.75) is 13.3 Å². The molecule has 27 heavy (non-hydrogen) atoms. The Morgan fingerprint density at radius 3 is 2.67 bits per heavy atom. The minimum atomic E-state index is 0.196. The van der Waals surface area contributed by atoms with E-state index >= 15 is 0 Å². The molecule has 0 bridgehead atoms. The summed E-state index contributed by atoms with van der Waals surface area (Å²) in [6.07, 6.45) is 4.11. The van der Waals surface area contributed by atoms with Crippen LogP contribution in [-0.2, 0) is 23.0 Å². The normalized spacial score (nSPS) is 15.3. The Morgan fingerprint density at radius 2 is 1.93 bits per heavy atom. The summed E-state index contributed by atoms with van der Waals surface area (Å²) in [5.74, 6) is 1.18. The number of rotatable bonds is 5. The Hall–Kier alpha value is -2.57. The minimum Gasteiger partial charge on any atom is -0.379 e. The largest absolute Gasteiger partial charge is 0.379 e. The Balaban J connectivity index is 1.53. The first-order valence-corrected chi connectivity index (χ1v) is 9.29. The van der Waals surface area contributed by atoms with Crippen LogP contribution in [-0.4, -0.2) is 58.1 Å². The Morgan fingerprint density at radius 1 is 1.11 bits per heavy atom. The van der Waals surface area contributed by atoms with E-state index in [-0.39, 0.29) is 5.78 Å². The molecule has 1 fully saturated rings. The van der Waals surface area contributed by atoms with Crippen LogP contribution >= 0.6 is 0 Å². The Kier molecular flexibility index (Phi) is 5.01. The molecule has 140 valence electrons. The van der Waals surface area contributed by atoms with Crippen LogP contribution in [0.1, 0.15) is 11.5 Å². The van der Waals surface area contributed by atoms with E-state index in [0.29, 0.717) is 26.2 Å². The fourth-order valence-corrected chi connectivity index (χ4v) is 3.48. The number of carbonyl (C=O) groups is 1. The lowest BCUT2D eigenvalue weighted by molar-refractivity contribution is -0.120. The van der Waals surface area contributed by atoms with Crippen LogP contribution < -0.4 is 0 Å². The molecule has 3 heterocycles. The maximum atomic E-state index is 12.4. The van der Waals surface area contributed by atoms with Gasteiger partial charge in [0, 0.05) is 43.0 Å². The van der Waals surface area contributed by atoms with Crippen LogP contribution in [0.25, 0.3) is 22.0 Å². The predicted molar refractivity (Wildman–Crippen MR) is 105 cm³/mol. The van der Waals surface area contributed by atoms with Gasteiger partial charge in [-0.15, -0.1) is 0 Å². The van der Waals surface area contributed by atoms with Crippen molar-refractivity contribution in [2.24, 2.45) is 7.05 Å². The second-order valence-electron chi connectivity index (χ2n) is 7.09. The van der Waals surface area contributed by atoms with Crippen molar-refractivity contribution >= 4 is 16.6 Å². The molecule has 6 nitrogen and oxygen atoms in total. The zero-order chi connectivity index (χ0) is 18.8. The number of morpholine rings is 1. The first-order chi connectivity index (χ1) is 13.1. The van der Waals surface area contributed by atoms with Gasteiger partial charge in [-0.3, -0.25) is 14.7 Å². The molecule has 4 rings (SSSR count). The van der Waals surface area contributed by atoms with Gasteiger partial charge in [0.25, 0.3) is 0 Å². The van der Waals surface area contributed by atoms with Gasteiger partial charge in [-0.05, 0) is 24.4 Å². The van der Waals surface area contributed by atoms with Crippen LogP contribution in [0.15, 0.2) is 36.7 Å².